The molecule has 0 aromatic heterocycles. The van der Waals surface area contributed by atoms with Crippen LogP contribution in [0.3, 0.4) is 0 Å². The molecule has 3 aromatic rings. The second-order valence-corrected chi connectivity index (χ2v) is 10.3. The first kappa shape index (κ1) is 23.9. The molecule has 34 heavy (non-hydrogen) atoms. The topological polar surface area (TPSA) is 60.9 Å². The fourth-order valence-electron chi connectivity index (χ4n) is 4.37. The number of benzene rings is 3. The summed E-state index contributed by atoms with van der Waals surface area (Å²) in [5.74, 6) is -1.02. The number of para-hydroxylation sites is 1. The van der Waals surface area contributed by atoms with Gasteiger partial charge in [-0.25, -0.2) is 12.8 Å². The minimum absolute atomic E-state index is 0.0607. The maximum absolute atomic E-state index is 14.3. The predicted octanol–water partition coefficient (Wildman–Crippen LogP) is 3.53. The van der Waals surface area contributed by atoms with Gasteiger partial charge in [0.05, 0.1) is 18.0 Å². The van der Waals surface area contributed by atoms with Gasteiger partial charge in [0.25, 0.3) is 0 Å². The Hall–Kier alpha value is -3.23. The van der Waals surface area contributed by atoms with Crippen LogP contribution in [0.4, 0.5) is 10.1 Å². The number of hydrogen-bond donors (Lipinski definition) is 0. The lowest BCUT2D eigenvalue weighted by Gasteiger charge is -2.40. The SMILES string of the molecule is CS(=O)(=O)N(CC(=O)N1CCN(C(c2ccccc2)c2ccccc2)CC1)c1ccccc1F. The number of carbonyl (C=O) groups excluding carboxylic acids is 1. The van der Waals surface area contributed by atoms with Gasteiger partial charge in [0.1, 0.15) is 12.4 Å². The van der Waals surface area contributed by atoms with Gasteiger partial charge in [-0.05, 0) is 23.3 Å². The van der Waals surface area contributed by atoms with E-state index in [4.69, 9.17) is 0 Å². The van der Waals surface area contributed by atoms with Crippen LogP contribution in [0.5, 0.6) is 0 Å². The molecular formula is C26H28FN3O3S. The molecule has 0 aliphatic carbocycles. The maximum Gasteiger partial charge on any atom is 0.243 e. The summed E-state index contributed by atoms with van der Waals surface area (Å²) >= 11 is 0. The Labute approximate surface area is 200 Å². The van der Waals surface area contributed by atoms with Gasteiger partial charge in [-0.1, -0.05) is 72.8 Å². The Balaban J connectivity index is 1.48. The van der Waals surface area contributed by atoms with E-state index in [1.807, 2.05) is 36.4 Å². The lowest BCUT2D eigenvalue weighted by molar-refractivity contribution is -0.131. The standard InChI is InChI=1S/C26H28FN3O3S/c1-34(32,33)30(24-15-9-8-14-23(24)27)20-25(31)28-16-18-29(19-17-28)26(21-10-4-2-5-11-21)22-12-6-3-7-13-22/h2-15,26H,16-20H2,1H3. The van der Waals surface area contributed by atoms with Crippen LogP contribution in [-0.2, 0) is 14.8 Å². The number of anilines is 1. The van der Waals surface area contributed by atoms with Crippen molar-refractivity contribution in [1.29, 1.82) is 0 Å². The lowest BCUT2D eigenvalue weighted by Crippen LogP contribution is -2.52. The molecule has 0 spiro atoms. The van der Waals surface area contributed by atoms with Gasteiger partial charge in [-0.3, -0.25) is 14.0 Å². The van der Waals surface area contributed by atoms with Gasteiger partial charge in [0.2, 0.25) is 15.9 Å². The van der Waals surface area contributed by atoms with Crippen molar-refractivity contribution in [3.63, 3.8) is 0 Å². The molecule has 8 heteroatoms. The smallest absolute Gasteiger partial charge is 0.243 e. The van der Waals surface area contributed by atoms with E-state index >= 15 is 0 Å². The summed E-state index contributed by atoms with van der Waals surface area (Å²) in [5, 5.41) is 0. The number of carbonyl (C=O) groups is 1. The van der Waals surface area contributed by atoms with E-state index in [1.165, 1.54) is 29.3 Å². The normalized spacial score (nSPS) is 14.9. The third-order valence-electron chi connectivity index (χ3n) is 6.06. The number of nitrogens with zero attached hydrogens (tertiary/aromatic N) is 3. The average molecular weight is 482 g/mol. The molecule has 1 fully saturated rings. The molecule has 0 atom stereocenters. The number of hydrogen-bond acceptors (Lipinski definition) is 4. The second-order valence-electron chi connectivity index (χ2n) is 8.36. The van der Waals surface area contributed by atoms with E-state index in [2.05, 4.69) is 29.2 Å². The van der Waals surface area contributed by atoms with Crippen molar-refractivity contribution in [2.75, 3.05) is 43.3 Å². The fraction of sp³-hybridized carbons (Fsp3) is 0.269. The van der Waals surface area contributed by atoms with E-state index in [0.29, 0.717) is 26.2 Å². The van der Waals surface area contributed by atoms with Crippen LogP contribution in [0.1, 0.15) is 17.2 Å². The molecule has 0 unspecified atom stereocenters. The third-order valence-corrected chi connectivity index (χ3v) is 7.19. The third kappa shape index (κ3) is 5.46. The van der Waals surface area contributed by atoms with Crippen LogP contribution >= 0.6 is 0 Å². The molecule has 1 amide bonds. The molecule has 1 aliphatic rings. The van der Waals surface area contributed by atoms with Gasteiger partial charge in [0.15, 0.2) is 0 Å². The predicted molar refractivity (Wildman–Crippen MR) is 131 cm³/mol. The van der Waals surface area contributed by atoms with E-state index in [9.17, 15) is 17.6 Å². The minimum Gasteiger partial charge on any atom is -0.339 e. The highest BCUT2D eigenvalue weighted by molar-refractivity contribution is 7.92. The van der Waals surface area contributed by atoms with E-state index in [1.54, 1.807) is 11.0 Å². The Morgan fingerprint density at radius 3 is 1.85 bits per heavy atom. The van der Waals surface area contributed by atoms with Gasteiger partial charge >= 0.3 is 0 Å². The monoisotopic (exact) mass is 481 g/mol. The summed E-state index contributed by atoms with van der Waals surface area (Å²) in [6, 6.07) is 26.1. The molecule has 6 nitrogen and oxygen atoms in total. The van der Waals surface area contributed by atoms with Crippen molar-refractivity contribution < 1.29 is 17.6 Å². The summed E-state index contributed by atoms with van der Waals surface area (Å²) < 4.78 is 39.8. The molecule has 4 rings (SSSR count). The van der Waals surface area contributed by atoms with E-state index in [-0.39, 0.29) is 17.6 Å². The highest BCUT2D eigenvalue weighted by Gasteiger charge is 2.30. The van der Waals surface area contributed by atoms with Crippen molar-refractivity contribution in [2.45, 2.75) is 6.04 Å². The zero-order chi connectivity index (χ0) is 24.1. The van der Waals surface area contributed by atoms with Gasteiger partial charge < -0.3 is 4.90 Å². The Morgan fingerprint density at radius 1 is 0.853 bits per heavy atom. The first-order valence-corrected chi connectivity index (χ1v) is 13.0. The van der Waals surface area contributed by atoms with Crippen LogP contribution in [0.15, 0.2) is 84.9 Å². The van der Waals surface area contributed by atoms with Crippen molar-refractivity contribution in [2.24, 2.45) is 0 Å². The van der Waals surface area contributed by atoms with E-state index in [0.717, 1.165) is 10.6 Å². The maximum atomic E-state index is 14.3. The van der Waals surface area contributed by atoms with Crippen LogP contribution < -0.4 is 4.31 Å². The fourth-order valence-corrected chi connectivity index (χ4v) is 5.22. The lowest BCUT2D eigenvalue weighted by atomic mass is 9.96. The Kier molecular flexibility index (Phi) is 7.29. The van der Waals surface area contributed by atoms with Crippen LogP contribution in [0.25, 0.3) is 0 Å². The number of halogens is 1. The molecule has 0 saturated carbocycles. The molecule has 178 valence electrons. The first-order valence-electron chi connectivity index (χ1n) is 11.2. The van der Waals surface area contributed by atoms with Crippen molar-refractivity contribution in [3.05, 3.63) is 102 Å². The Morgan fingerprint density at radius 2 is 1.35 bits per heavy atom. The molecule has 0 bridgehead atoms. The number of piperazine rings is 1. The van der Waals surface area contributed by atoms with Crippen LogP contribution in [0.2, 0.25) is 0 Å². The molecule has 0 N–H and O–H groups in total. The van der Waals surface area contributed by atoms with Gasteiger partial charge in [0, 0.05) is 26.2 Å². The summed E-state index contributed by atoms with van der Waals surface area (Å²) in [6.07, 6.45) is 0.981. The quantitative estimate of drug-likeness (QED) is 0.518. The van der Waals surface area contributed by atoms with Gasteiger partial charge in [-0.2, -0.15) is 0 Å². The number of sulfonamides is 1. The molecule has 0 radical (unpaired) electrons. The van der Waals surface area contributed by atoms with Crippen LogP contribution in [0, 0.1) is 5.82 Å². The summed E-state index contributed by atoms with van der Waals surface area (Å²) in [4.78, 5) is 17.0. The molecule has 3 aromatic carbocycles. The van der Waals surface area contributed by atoms with Crippen molar-refractivity contribution in [1.82, 2.24) is 9.80 Å². The number of rotatable bonds is 7. The van der Waals surface area contributed by atoms with Crippen molar-refractivity contribution >= 4 is 21.6 Å². The minimum atomic E-state index is -3.84. The highest BCUT2D eigenvalue weighted by atomic mass is 32.2. The Bertz CT molecular complexity index is 1170. The van der Waals surface area contributed by atoms with E-state index < -0.39 is 22.4 Å². The molecular weight excluding hydrogens is 453 g/mol. The second kappa shape index (κ2) is 10.4. The zero-order valence-corrected chi connectivity index (χ0v) is 19.9. The number of amides is 1. The summed E-state index contributed by atoms with van der Waals surface area (Å²) in [5.41, 5.74) is 2.23. The molecule has 1 aliphatic heterocycles. The highest BCUT2D eigenvalue weighted by Crippen LogP contribution is 2.29. The van der Waals surface area contributed by atoms with Crippen molar-refractivity contribution in [3.8, 4) is 0 Å². The summed E-state index contributed by atoms with van der Waals surface area (Å²) in [6.45, 7) is 1.77. The average Bonchev–Trinajstić information content (AvgIpc) is 2.84. The summed E-state index contributed by atoms with van der Waals surface area (Å²) in [7, 11) is -3.84. The zero-order valence-electron chi connectivity index (χ0n) is 19.0. The first-order chi connectivity index (χ1) is 16.3. The van der Waals surface area contributed by atoms with Crippen LogP contribution in [-0.4, -0.2) is 63.1 Å². The molecule has 1 heterocycles. The molecule has 1 saturated heterocycles. The largest absolute Gasteiger partial charge is 0.339 e. The van der Waals surface area contributed by atoms with Gasteiger partial charge in [-0.15, -0.1) is 0 Å².